The first-order chi connectivity index (χ1) is 13.6. The molecule has 9 heteroatoms. The van der Waals surface area contributed by atoms with Crippen LogP contribution in [0.4, 0.5) is 5.82 Å². The van der Waals surface area contributed by atoms with Crippen molar-refractivity contribution >= 4 is 44.5 Å². The molecule has 0 saturated carbocycles. The number of rotatable bonds is 3. The number of fused-ring (bicyclic) bond motifs is 1. The standard InChI is InChI=1S/C19H15N5O3S/c25-17-9-19(28(27)22-17)24-15-5-3-12(8-14(15)11-21-24)13-4-6-16(20-10-13)23-7-1-2-18(23)26/h3-6,8-11H,1-2,7H2,(H,22,25). The molecular weight excluding hydrogens is 378 g/mol. The van der Waals surface area contributed by atoms with Crippen LogP contribution < -0.4 is 9.62 Å². The summed E-state index contributed by atoms with van der Waals surface area (Å²) < 4.78 is 15.8. The quantitative estimate of drug-likeness (QED) is 0.732. The molecule has 2 aromatic heterocycles. The Hall–Kier alpha value is -3.33. The molecule has 2 aliphatic heterocycles. The molecule has 3 aromatic rings. The monoisotopic (exact) mass is 393 g/mol. The Bertz CT molecular complexity index is 1180. The summed E-state index contributed by atoms with van der Waals surface area (Å²) in [7, 11) is -1.60. The van der Waals surface area contributed by atoms with E-state index < -0.39 is 16.9 Å². The van der Waals surface area contributed by atoms with Gasteiger partial charge in [0.1, 0.15) is 5.82 Å². The van der Waals surface area contributed by atoms with Crippen molar-refractivity contribution in [3.8, 4) is 11.1 Å². The van der Waals surface area contributed by atoms with E-state index in [0.29, 0.717) is 23.8 Å². The zero-order valence-electron chi connectivity index (χ0n) is 14.7. The van der Waals surface area contributed by atoms with E-state index in [0.717, 1.165) is 28.5 Å². The minimum absolute atomic E-state index is 0.112. The van der Waals surface area contributed by atoms with Crippen LogP contribution in [0.1, 0.15) is 12.8 Å². The van der Waals surface area contributed by atoms with Gasteiger partial charge < -0.3 is 0 Å². The van der Waals surface area contributed by atoms with Crippen molar-refractivity contribution in [2.45, 2.75) is 12.8 Å². The molecule has 5 rings (SSSR count). The van der Waals surface area contributed by atoms with Crippen molar-refractivity contribution in [1.82, 2.24) is 19.5 Å². The van der Waals surface area contributed by atoms with Crippen LogP contribution in [0.5, 0.6) is 0 Å². The first-order valence-corrected chi connectivity index (χ1v) is 9.94. The molecule has 0 radical (unpaired) electrons. The van der Waals surface area contributed by atoms with Gasteiger partial charge in [0.15, 0.2) is 16.0 Å². The molecule has 28 heavy (non-hydrogen) atoms. The highest BCUT2D eigenvalue weighted by molar-refractivity contribution is 7.93. The number of aromatic nitrogens is 3. The average molecular weight is 393 g/mol. The lowest BCUT2D eigenvalue weighted by molar-refractivity contribution is -0.117. The van der Waals surface area contributed by atoms with Crippen molar-refractivity contribution in [2.24, 2.45) is 0 Å². The van der Waals surface area contributed by atoms with E-state index in [4.69, 9.17) is 0 Å². The molecule has 0 aliphatic carbocycles. The van der Waals surface area contributed by atoms with Gasteiger partial charge in [0.25, 0.3) is 5.91 Å². The second-order valence-corrected chi connectivity index (χ2v) is 7.76. The molecule has 0 bridgehead atoms. The largest absolute Gasteiger partial charge is 0.297 e. The minimum Gasteiger partial charge on any atom is -0.297 e. The number of carbonyl (C=O) groups is 2. The number of benzene rings is 1. The zero-order valence-corrected chi connectivity index (χ0v) is 15.5. The molecule has 1 N–H and O–H groups in total. The SMILES string of the molecule is O=C1C=C(n2ncc3cc(-c4ccc(N5CCCC5=O)nc4)ccc32)S(=O)N1. The third-order valence-corrected chi connectivity index (χ3v) is 5.90. The highest BCUT2D eigenvalue weighted by atomic mass is 32.2. The van der Waals surface area contributed by atoms with Gasteiger partial charge >= 0.3 is 0 Å². The van der Waals surface area contributed by atoms with E-state index >= 15 is 0 Å². The minimum atomic E-state index is -1.60. The van der Waals surface area contributed by atoms with Crippen molar-refractivity contribution in [3.05, 3.63) is 48.8 Å². The molecule has 1 fully saturated rings. The summed E-state index contributed by atoms with van der Waals surface area (Å²) in [6.07, 6.45) is 6.16. The topological polar surface area (TPSA) is 97.2 Å². The van der Waals surface area contributed by atoms with Crippen molar-refractivity contribution < 1.29 is 13.8 Å². The molecule has 0 spiro atoms. The Labute approximate surface area is 162 Å². The van der Waals surface area contributed by atoms with E-state index in [1.54, 1.807) is 17.3 Å². The molecule has 4 heterocycles. The van der Waals surface area contributed by atoms with Crippen LogP contribution in [0.2, 0.25) is 0 Å². The van der Waals surface area contributed by atoms with Gasteiger partial charge in [-0.05, 0) is 36.2 Å². The van der Waals surface area contributed by atoms with Gasteiger partial charge in [-0.1, -0.05) is 6.07 Å². The maximum Gasteiger partial charge on any atom is 0.258 e. The summed E-state index contributed by atoms with van der Waals surface area (Å²) in [5.74, 6) is 0.393. The zero-order chi connectivity index (χ0) is 19.3. The summed E-state index contributed by atoms with van der Waals surface area (Å²) >= 11 is 0. The fourth-order valence-electron chi connectivity index (χ4n) is 3.47. The van der Waals surface area contributed by atoms with Gasteiger partial charge in [-0.2, -0.15) is 5.10 Å². The number of anilines is 1. The number of amides is 2. The third kappa shape index (κ3) is 2.71. The first-order valence-electron chi connectivity index (χ1n) is 8.79. The Morgan fingerprint density at radius 3 is 2.61 bits per heavy atom. The molecule has 140 valence electrons. The van der Waals surface area contributed by atoms with Crippen LogP contribution in [0.3, 0.4) is 0 Å². The van der Waals surface area contributed by atoms with E-state index in [2.05, 4.69) is 14.8 Å². The van der Waals surface area contributed by atoms with Crippen molar-refractivity contribution in [1.29, 1.82) is 0 Å². The van der Waals surface area contributed by atoms with Gasteiger partial charge in [-0.3, -0.25) is 19.2 Å². The van der Waals surface area contributed by atoms with Crippen LogP contribution in [-0.4, -0.2) is 37.3 Å². The van der Waals surface area contributed by atoms with Crippen LogP contribution in [0, 0.1) is 0 Å². The van der Waals surface area contributed by atoms with Gasteiger partial charge in [0.2, 0.25) is 5.91 Å². The highest BCUT2D eigenvalue weighted by Gasteiger charge is 2.24. The smallest absolute Gasteiger partial charge is 0.258 e. The lowest BCUT2D eigenvalue weighted by Gasteiger charge is -2.14. The lowest BCUT2D eigenvalue weighted by Crippen LogP contribution is -2.24. The Kier molecular flexibility index (Phi) is 3.83. The maximum atomic E-state index is 12.0. The van der Waals surface area contributed by atoms with E-state index in [-0.39, 0.29) is 5.91 Å². The molecule has 1 saturated heterocycles. The van der Waals surface area contributed by atoms with Gasteiger partial charge in [-0.15, -0.1) is 0 Å². The number of carbonyl (C=O) groups excluding carboxylic acids is 2. The Morgan fingerprint density at radius 2 is 1.93 bits per heavy atom. The fourth-order valence-corrected chi connectivity index (χ4v) is 4.34. The van der Waals surface area contributed by atoms with E-state index in [1.807, 2.05) is 30.3 Å². The number of hydrogen-bond donors (Lipinski definition) is 1. The Balaban J connectivity index is 1.47. The first kappa shape index (κ1) is 16.8. The van der Waals surface area contributed by atoms with Gasteiger partial charge in [-0.25, -0.2) is 13.9 Å². The van der Waals surface area contributed by atoms with E-state index in [1.165, 1.54) is 10.8 Å². The molecular formula is C19H15N5O3S. The van der Waals surface area contributed by atoms with Crippen LogP contribution in [-0.2, 0) is 20.6 Å². The maximum absolute atomic E-state index is 12.0. The predicted molar refractivity (Wildman–Crippen MR) is 105 cm³/mol. The average Bonchev–Trinajstić information content (AvgIpc) is 3.39. The van der Waals surface area contributed by atoms with Gasteiger partial charge in [0.05, 0.1) is 11.7 Å². The fraction of sp³-hybridized carbons (Fsp3) is 0.158. The molecule has 2 aliphatic rings. The molecule has 1 unspecified atom stereocenters. The summed E-state index contributed by atoms with van der Waals surface area (Å²) in [5.41, 5.74) is 2.63. The molecule has 1 aromatic carbocycles. The predicted octanol–water partition coefficient (Wildman–Crippen LogP) is 1.82. The number of pyridine rings is 1. The lowest BCUT2D eigenvalue weighted by atomic mass is 10.1. The van der Waals surface area contributed by atoms with Crippen LogP contribution >= 0.6 is 0 Å². The molecule has 8 nitrogen and oxygen atoms in total. The van der Waals surface area contributed by atoms with Gasteiger partial charge in [0, 0.05) is 36.2 Å². The summed E-state index contributed by atoms with van der Waals surface area (Å²) in [5, 5.41) is 5.44. The number of hydrogen-bond acceptors (Lipinski definition) is 5. The van der Waals surface area contributed by atoms with E-state index in [9.17, 15) is 13.8 Å². The third-order valence-electron chi connectivity index (χ3n) is 4.85. The number of nitrogens with zero attached hydrogens (tertiary/aromatic N) is 4. The number of nitrogens with one attached hydrogen (secondary N) is 1. The summed E-state index contributed by atoms with van der Waals surface area (Å²) in [4.78, 5) is 29.4. The highest BCUT2D eigenvalue weighted by Crippen LogP contribution is 2.28. The van der Waals surface area contributed by atoms with Crippen molar-refractivity contribution in [2.75, 3.05) is 11.4 Å². The Morgan fingerprint density at radius 1 is 1.07 bits per heavy atom. The summed E-state index contributed by atoms with van der Waals surface area (Å²) in [6.45, 7) is 0.713. The van der Waals surface area contributed by atoms with Crippen LogP contribution in [0.15, 0.2) is 48.8 Å². The molecule has 2 amide bonds. The van der Waals surface area contributed by atoms with Crippen LogP contribution in [0.25, 0.3) is 27.1 Å². The second kappa shape index (κ2) is 6.38. The normalized spacial score (nSPS) is 19.4. The second-order valence-electron chi connectivity index (χ2n) is 6.60. The summed E-state index contributed by atoms with van der Waals surface area (Å²) in [6, 6.07) is 9.55. The van der Waals surface area contributed by atoms with Crippen molar-refractivity contribution in [3.63, 3.8) is 0 Å². The molecule has 1 atom stereocenters.